The van der Waals surface area contributed by atoms with Crippen molar-refractivity contribution in [2.24, 2.45) is 0 Å². The van der Waals surface area contributed by atoms with Crippen LogP contribution in [0.25, 0.3) is 11.1 Å². The second-order valence-corrected chi connectivity index (χ2v) is 9.55. The van der Waals surface area contributed by atoms with E-state index in [1.54, 1.807) is 11.1 Å². The first-order chi connectivity index (χ1) is 19.5. The fourth-order valence-corrected chi connectivity index (χ4v) is 4.51. The molecule has 1 N–H and O–H groups in total. The molecular formula is C33H33BN2O4. The van der Waals surface area contributed by atoms with Crippen LogP contribution in [0.4, 0.5) is 0 Å². The Morgan fingerprint density at radius 1 is 0.825 bits per heavy atom. The summed E-state index contributed by atoms with van der Waals surface area (Å²) in [7, 11) is 6.79. The standard InChI is InChI=1S/C33H33BN2O4/c34-32(29-14-6-7-15-30(29)40-24-10-2-5-16-31(37)38)36(23-21-28-13-8-9-22-35-28)33(39)27-19-17-26(18-20-27)25-11-3-1-4-12-25/h1,3-4,6-9,11-15,17-20,22,32H,2,5,10,16,21,23-24H2,(H,37,38). The number of unbranched alkanes of at least 4 members (excludes halogenated alkanes) is 2. The summed E-state index contributed by atoms with van der Waals surface area (Å²) >= 11 is 0. The number of pyridine rings is 1. The van der Waals surface area contributed by atoms with Gasteiger partial charge in [-0.1, -0.05) is 66.7 Å². The Morgan fingerprint density at radius 3 is 2.25 bits per heavy atom. The van der Waals surface area contributed by atoms with Gasteiger partial charge in [-0.3, -0.25) is 14.6 Å². The lowest BCUT2D eigenvalue weighted by Gasteiger charge is -2.31. The smallest absolute Gasteiger partial charge is 0.303 e. The Kier molecular flexibility index (Phi) is 10.5. The van der Waals surface area contributed by atoms with Crippen molar-refractivity contribution in [1.82, 2.24) is 9.88 Å². The van der Waals surface area contributed by atoms with Crippen LogP contribution in [-0.4, -0.2) is 47.9 Å². The number of carbonyl (C=O) groups is 2. The van der Waals surface area contributed by atoms with Crippen LogP contribution in [0.15, 0.2) is 103 Å². The number of amides is 1. The number of aromatic nitrogens is 1. The number of hydrogen-bond donors (Lipinski definition) is 1. The average molecular weight is 532 g/mol. The summed E-state index contributed by atoms with van der Waals surface area (Å²) in [6.07, 6.45) is 4.54. The van der Waals surface area contributed by atoms with Crippen LogP contribution in [0.2, 0.25) is 0 Å². The van der Waals surface area contributed by atoms with E-state index in [0.717, 1.165) is 29.7 Å². The molecule has 0 saturated heterocycles. The topological polar surface area (TPSA) is 79.7 Å². The summed E-state index contributed by atoms with van der Waals surface area (Å²) in [6.45, 7) is 0.813. The first-order valence-electron chi connectivity index (χ1n) is 13.6. The molecule has 0 spiro atoms. The van der Waals surface area contributed by atoms with Gasteiger partial charge in [-0.05, 0) is 60.7 Å². The van der Waals surface area contributed by atoms with Crippen molar-refractivity contribution in [3.05, 3.63) is 120 Å². The molecule has 2 radical (unpaired) electrons. The van der Waals surface area contributed by atoms with Crippen LogP contribution in [0.3, 0.4) is 0 Å². The third kappa shape index (κ3) is 8.06. The quantitative estimate of drug-likeness (QED) is 0.152. The zero-order valence-electron chi connectivity index (χ0n) is 22.5. The lowest BCUT2D eigenvalue weighted by Crippen LogP contribution is -2.37. The fraction of sp³-hybridized carbons (Fsp3) is 0.242. The Bertz CT molecular complexity index is 1360. The molecule has 0 saturated carbocycles. The molecule has 1 aromatic heterocycles. The molecule has 4 aromatic rings. The minimum Gasteiger partial charge on any atom is -0.493 e. The molecule has 0 fully saturated rings. The number of carboxylic acids is 1. The van der Waals surface area contributed by atoms with E-state index >= 15 is 0 Å². The number of carboxylic acid groups (broad SMARTS) is 1. The van der Waals surface area contributed by atoms with Gasteiger partial charge in [-0.15, -0.1) is 0 Å². The SMILES string of the molecule is [B]C(c1ccccc1OCCCCCC(=O)O)N(CCc1ccccn1)C(=O)c1ccc(-c2ccccc2)cc1. The van der Waals surface area contributed by atoms with E-state index in [4.69, 9.17) is 17.7 Å². The van der Waals surface area contributed by atoms with E-state index < -0.39 is 11.9 Å². The van der Waals surface area contributed by atoms with Gasteiger partial charge in [-0.25, -0.2) is 0 Å². The van der Waals surface area contributed by atoms with Crippen molar-refractivity contribution in [2.45, 2.75) is 38.0 Å². The summed E-state index contributed by atoms with van der Waals surface area (Å²) < 4.78 is 6.05. The van der Waals surface area contributed by atoms with Crippen molar-refractivity contribution < 1.29 is 19.4 Å². The normalized spacial score (nSPS) is 11.5. The highest BCUT2D eigenvalue weighted by atomic mass is 16.5. The number of ether oxygens (including phenoxy) is 1. The first-order valence-corrected chi connectivity index (χ1v) is 13.6. The van der Waals surface area contributed by atoms with Crippen LogP contribution in [0, 0.1) is 0 Å². The Hall–Kier alpha value is -4.39. The summed E-state index contributed by atoms with van der Waals surface area (Å²) in [5.41, 5.74) is 4.25. The van der Waals surface area contributed by atoms with Crippen LogP contribution in [0.5, 0.6) is 5.75 Å². The Balaban J connectivity index is 1.52. The van der Waals surface area contributed by atoms with Crippen molar-refractivity contribution in [1.29, 1.82) is 0 Å². The zero-order chi connectivity index (χ0) is 28.2. The predicted octanol–water partition coefficient (Wildman–Crippen LogP) is 6.32. The maximum Gasteiger partial charge on any atom is 0.303 e. The minimum absolute atomic E-state index is 0.154. The number of hydrogen-bond acceptors (Lipinski definition) is 4. The third-order valence-corrected chi connectivity index (χ3v) is 6.70. The largest absolute Gasteiger partial charge is 0.493 e. The second kappa shape index (κ2) is 14.7. The summed E-state index contributed by atoms with van der Waals surface area (Å²) in [5, 5.41) is 8.83. The number of para-hydroxylation sites is 1. The van der Waals surface area contributed by atoms with Crippen molar-refractivity contribution >= 4 is 19.7 Å². The summed E-state index contributed by atoms with van der Waals surface area (Å²) in [5.74, 6) is -1.09. The molecule has 1 heterocycles. The summed E-state index contributed by atoms with van der Waals surface area (Å²) in [4.78, 5) is 30.7. The van der Waals surface area contributed by atoms with Gasteiger partial charge in [0.15, 0.2) is 0 Å². The van der Waals surface area contributed by atoms with E-state index in [2.05, 4.69) is 4.98 Å². The molecular weight excluding hydrogens is 499 g/mol. The molecule has 0 aliphatic carbocycles. The van der Waals surface area contributed by atoms with Gasteiger partial charge in [0.25, 0.3) is 5.91 Å². The molecule has 0 aliphatic heterocycles. The monoisotopic (exact) mass is 532 g/mol. The predicted molar refractivity (Wildman–Crippen MR) is 157 cm³/mol. The van der Waals surface area contributed by atoms with Crippen molar-refractivity contribution in [3.63, 3.8) is 0 Å². The number of carbonyl (C=O) groups excluding carboxylic acids is 1. The molecule has 1 atom stereocenters. The van der Waals surface area contributed by atoms with Gasteiger partial charge in [0.1, 0.15) is 13.6 Å². The molecule has 0 bridgehead atoms. The van der Waals surface area contributed by atoms with Crippen LogP contribution >= 0.6 is 0 Å². The molecule has 6 nitrogen and oxygen atoms in total. The molecule has 202 valence electrons. The molecule has 40 heavy (non-hydrogen) atoms. The maximum atomic E-state index is 13.9. The Labute approximate surface area is 237 Å². The first kappa shape index (κ1) is 28.6. The maximum absolute atomic E-state index is 13.9. The molecule has 4 rings (SSSR count). The van der Waals surface area contributed by atoms with Crippen molar-refractivity contribution in [3.8, 4) is 16.9 Å². The third-order valence-electron chi connectivity index (χ3n) is 6.70. The minimum atomic E-state index is -0.789. The number of benzene rings is 3. The fourth-order valence-electron chi connectivity index (χ4n) is 4.51. The molecule has 3 aromatic carbocycles. The van der Waals surface area contributed by atoms with Gasteiger partial charge in [0.05, 0.1) is 6.61 Å². The van der Waals surface area contributed by atoms with E-state index in [9.17, 15) is 9.59 Å². The van der Waals surface area contributed by atoms with Crippen molar-refractivity contribution in [2.75, 3.05) is 13.2 Å². The van der Waals surface area contributed by atoms with E-state index in [1.807, 2.05) is 97.1 Å². The van der Waals surface area contributed by atoms with Gasteiger partial charge in [-0.2, -0.15) is 0 Å². The zero-order valence-corrected chi connectivity index (χ0v) is 22.5. The summed E-state index contributed by atoms with van der Waals surface area (Å²) in [6, 6.07) is 30.8. The molecule has 0 aliphatic rings. The van der Waals surface area contributed by atoms with E-state index in [1.165, 1.54) is 0 Å². The average Bonchev–Trinajstić information content (AvgIpc) is 3.00. The van der Waals surface area contributed by atoms with Crippen LogP contribution in [-0.2, 0) is 11.2 Å². The highest BCUT2D eigenvalue weighted by molar-refractivity contribution is 6.14. The van der Waals surface area contributed by atoms with E-state index in [-0.39, 0.29) is 12.3 Å². The van der Waals surface area contributed by atoms with Gasteiger partial charge < -0.3 is 14.7 Å². The van der Waals surface area contributed by atoms with Gasteiger partial charge in [0, 0.05) is 48.3 Å². The molecule has 7 heteroatoms. The lowest BCUT2D eigenvalue weighted by atomic mass is 9.85. The number of aliphatic carboxylic acids is 1. The molecule has 1 unspecified atom stereocenters. The van der Waals surface area contributed by atoms with Gasteiger partial charge in [0.2, 0.25) is 0 Å². The number of rotatable bonds is 14. The second-order valence-electron chi connectivity index (χ2n) is 9.55. The highest BCUT2D eigenvalue weighted by Crippen LogP contribution is 2.29. The van der Waals surface area contributed by atoms with E-state index in [0.29, 0.717) is 42.9 Å². The lowest BCUT2D eigenvalue weighted by molar-refractivity contribution is -0.137. The molecule has 1 amide bonds. The van der Waals surface area contributed by atoms with Gasteiger partial charge >= 0.3 is 5.97 Å². The van der Waals surface area contributed by atoms with Crippen LogP contribution in [0.1, 0.15) is 53.2 Å². The van der Waals surface area contributed by atoms with Crippen LogP contribution < -0.4 is 4.74 Å². The highest BCUT2D eigenvalue weighted by Gasteiger charge is 2.25. The Morgan fingerprint density at radius 2 is 1.52 bits per heavy atom. The number of nitrogens with zero attached hydrogens (tertiary/aromatic N) is 2.